The minimum absolute atomic E-state index is 0.0259. The molecule has 0 bridgehead atoms. The summed E-state index contributed by atoms with van der Waals surface area (Å²) in [5.74, 6) is -2.55. The van der Waals surface area contributed by atoms with E-state index in [0.717, 1.165) is 10.7 Å². The number of rotatable bonds is 4. The predicted octanol–water partition coefficient (Wildman–Crippen LogP) is 1.84. The molecule has 12 heteroatoms. The van der Waals surface area contributed by atoms with Gasteiger partial charge in [0.25, 0.3) is 16.1 Å². The van der Waals surface area contributed by atoms with Crippen LogP contribution in [0.5, 0.6) is 0 Å². The van der Waals surface area contributed by atoms with Gasteiger partial charge in [0.1, 0.15) is 17.5 Å². The minimum atomic E-state index is -4.37. The molecule has 158 valence electrons. The molecule has 1 aromatic carbocycles. The zero-order chi connectivity index (χ0) is 21.6. The molecule has 0 spiro atoms. The van der Waals surface area contributed by atoms with Crippen LogP contribution in [0.2, 0.25) is 0 Å². The fourth-order valence-electron chi connectivity index (χ4n) is 3.68. The number of hydrogen-bond donors (Lipinski definition) is 2. The number of alkyl halides is 1. The second-order valence-electron chi connectivity index (χ2n) is 6.90. The summed E-state index contributed by atoms with van der Waals surface area (Å²) in [7, 11) is -4.37. The van der Waals surface area contributed by atoms with Crippen LogP contribution in [0.4, 0.5) is 18.9 Å². The van der Waals surface area contributed by atoms with Crippen molar-refractivity contribution in [1.29, 1.82) is 0 Å². The van der Waals surface area contributed by atoms with Gasteiger partial charge in [0.15, 0.2) is 5.82 Å². The third-order valence-electron chi connectivity index (χ3n) is 4.87. The van der Waals surface area contributed by atoms with E-state index in [1.165, 1.54) is 35.4 Å². The number of hydrogen-bond acceptors (Lipinski definition) is 5. The molecule has 1 fully saturated rings. The summed E-state index contributed by atoms with van der Waals surface area (Å²) in [4.78, 5) is 13.6. The van der Waals surface area contributed by atoms with E-state index >= 15 is 4.39 Å². The van der Waals surface area contributed by atoms with Gasteiger partial charge in [0, 0.05) is 19.2 Å². The number of carbonyl (C=O) groups excluding carboxylic acids is 1. The Hall–Kier alpha value is -3.12. The first kappa shape index (κ1) is 20.2. The molecule has 0 aliphatic carbocycles. The number of nitrogens with zero attached hydrogens (tertiary/aromatic N) is 3. The molecule has 1 amide bonds. The average molecular weight is 439 g/mol. The lowest BCUT2D eigenvalue weighted by molar-refractivity contribution is 0.0982. The van der Waals surface area contributed by atoms with Crippen LogP contribution >= 0.6 is 0 Å². The Kier molecular flexibility index (Phi) is 4.90. The van der Waals surface area contributed by atoms with Gasteiger partial charge in [-0.25, -0.2) is 27.5 Å². The second kappa shape index (κ2) is 7.29. The molecular weight excluding hydrogens is 423 g/mol. The number of halogens is 3. The first-order chi connectivity index (χ1) is 14.1. The summed E-state index contributed by atoms with van der Waals surface area (Å²) in [5, 5.41) is 8.64. The maximum absolute atomic E-state index is 15.4. The summed E-state index contributed by atoms with van der Waals surface area (Å²) < 4.78 is 68.3. The lowest BCUT2D eigenvalue weighted by Gasteiger charge is -2.27. The van der Waals surface area contributed by atoms with E-state index in [1.54, 1.807) is 10.8 Å². The summed E-state index contributed by atoms with van der Waals surface area (Å²) in [6.45, 7) is -0.138. The van der Waals surface area contributed by atoms with Crippen LogP contribution in [0.25, 0.3) is 5.52 Å². The number of benzene rings is 1. The Bertz CT molecular complexity index is 1250. The van der Waals surface area contributed by atoms with Gasteiger partial charge < -0.3 is 4.90 Å². The first-order valence-corrected chi connectivity index (χ1v) is 10.4. The van der Waals surface area contributed by atoms with E-state index in [0.29, 0.717) is 5.56 Å². The highest BCUT2D eigenvalue weighted by molar-refractivity contribution is 7.87. The third kappa shape index (κ3) is 3.71. The smallest absolute Gasteiger partial charge is 0.298 e. The van der Waals surface area contributed by atoms with Crippen molar-refractivity contribution in [2.45, 2.75) is 18.6 Å². The molecule has 3 heterocycles. The first-order valence-electron chi connectivity index (χ1n) is 8.81. The van der Waals surface area contributed by atoms with Crippen molar-refractivity contribution in [2.24, 2.45) is 5.14 Å². The van der Waals surface area contributed by atoms with Crippen LogP contribution < -0.4 is 14.8 Å². The molecule has 8 nitrogen and oxygen atoms in total. The third-order valence-corrected chi connectivity index (χ3v) is 5.34. The maximum Gasteiger partial charge on any atom is 0.298 e. The van der Waals surface area contributed by atoms with Crippen molar-refractivity contribution < 1.29 is 26.4 Å². The van der Waals surface area contributed by atoms with Crippen molar-refractivity contribution in [3.63, 3.8) is 0 Å². The van der Waals surface area contributed by atoms with Crippen LogP contribution in [0.3, 0.4) is 0 Å². The Labute approximate surface area is 169 Å². The van der Waals surface area contributed by atoms with E-state index in [-0.39, 0.29) is 29.7 Å². The van der Waals surface area contributed by atoms with Gasteiger partial charge >= 0.3 is 0 Å². The quantitative estimate of drug-likeness (QED) is 0.645. The van der Waals surface area contributed by atoms with Gasteiger partial charge in [-0.15, -0.1) is 0 Å². The van der Waals surface area contributed by atoms with E-state index in [1.807, 2.05) is 0 Å². The molecule has 1 saturated heterocycles. The van der Waals surface area contributed by atoms with Gasteiger partial charge in [0.2, 0.25) is 0 Å². The normalized spacial score (nSPS) is 19.4. The van der Waals surface area contributed by atoms with Crippen molar-refractivity contribution >= 4 is 27.3 Å². The molecule has 4 rings (SSSR count). The molecule has 0 radical (unpaired) electrons. The summed E-state index contributed by atoms with van der Waals surface area (Å²) in [6, 6.07) is 6.36. The maximum atomic E-state index is 15.4. The number of carbonyl (C=O) groups is 1. The zero-order valence-electron chi connectivity index (χ0n) is 15.3. The highest BCUT2D eigenvalue weighted by atomic mass is 32.2. The minimum Gasteiger partial charge on any atom is -0.359 e. The average Bonchev–Trinajstić information content (AvgIpc) is 3.25. The van der Waals surface area contributed by atoms with Crippen LogP contribution in [0, 0.1) is 11.6 Å². The van der Waals surface area contributed by atoms with Gasteiger partial charge in [-0.1, -0.05) is 12.1 Å². The van der Waals surface area contributed by atoms with Gasteiger partial charge in [-0.2, -0.15) is 13.5 Å². The topological polar surface area (TPSA) is 110 Å². The Morgan fingerprint density at radius 3 is 2.73 bits per heavy atom. The van der Waals surface area contributed by atoms with Crippen molar-refractivity contribution in [3.8, 4) is 0 Å². The van der Waals surface area contributed by atoms with Crippen LogP contribution in [0.15, 0.2) is 42.7 Å². The number of nitrogens with one attached hydrogen (secondary N) is 1. The molecule has 1 aliphatic rings. The molecule has 3 aromatic rings. The highest BCUT2D eigenvalue weighted by Crippen LogP contribution is 2.39. The number of anilines is 1. The van der Waals surface area contributed by atoms with E-state index in [9.17, 15) is 22.0 Å². The summed E-state index contributed by atoms with van der Waals surface area (Å²) in [5.41, 5.74) is -0.201. The number of nitrogens with two attached hydrogens (primary N) is 1. The van der Waals surface area contributed by atoms with Crippen LogP contribution in [-0.4, -0.2) is 36.7 Å². The fourth-order valence-corrected chi connectivity index (χ4v) is 4.05. The molecule has 0 saturated carbocycles. The molecule has 3 N–H and O–H groups in total. The van der Waals surface area contributed by atoms with Crippen LogP contribution in [-0.2, 0) is 10.2 Å². The molecule has 0 unspecified atom stereocenters. The Morgan fingerprint density at radius 2 is 2.03 bits per heavy atom. The largest absolute Gasteiger partial charge is 0.359 e. The zero-order valence-corrected chi connectivity index (χ0v) is 16.1. The van der Waals surface area contributed by atoms with Crippen molar-refractivity contribution in [2.75, 3.05) is 11.4 Å². The summed E-state index contributed by atoms with van der Waals surface area (Å²) in [6.07, 6.45) is 1.11. The van der Waals surface area contributed by atoms with Gasteiger partial charge in [-0.05, 0) is 23.8 Å². The van der Waals surface area contributed by atoms with E-state index < -0.39 is 40.0 Å². The Balaban J connectivity index is 1.79. The van der Waals surface area contributed by atoms with Gasteiger partial charge in [-0.3, -0.25) is 4.79 Å². The monoisotopic (exact) mass is 439 g/mol. The lowest BCUT2D eigenvalue weighted by Crippen LogP contribution is -2.36. The number of aromatic nitrogens is 2. The van der Waals surface area contributed by atoms with Gasteiger partial charge in [0.05, 0.1) is 23.5 Å². The predicted molar refractivity (Wildman–Crippen MR) is 102 cm³/mol. The fraction of sp³-hybridized carbons (Fsp3) is 0.222. The van der Waals surface area contributed by atoms with Crippen molar-refractivity contribution in [3.05, 3.63) is 65.5 Å². The molecule has 1 aliphatic heterocycles. The van der Waals surface area contributed by atoms with E-state index in [4.69, 9.17) is 5.14 Å². The van der Waals surface area contributed by atoms with E-state index in [2.05, 4.69) is 5.10 Å². The summed E-state index contributed by atoms with van der Waals surface area (Å²) >= 11 is 0. The number of amides is 1. The van der Waals surface area contributed by atoms with Crippen molar-refractivity contribution in [1.82, 2.24) is 14.3 Å². The molecule has 30 heavy (non-hydrogen) atoms. The lowest BCUT2D eigenvalue weighted by atomic mass is 10.0. The molecular formula is C18H16F3N5O3S. The standard InChI is InChI=1S/C18H16F3N5O3S/c19-11-3-1-2-10(6-11)15-7-12(20)9-25(15)14-4-5-26-17(16(14)21)13(8-23-26)18(27)24-30(22,28)29/h1-6,8,12,15H,7,9H2,(H,24,27)(H2,22,28,29)/t12-,15+/m0/s1. The molecule has 2 atom stereocenters. The number of pyridine rings is 1. The molecule has 2 aromatic heterocycles. The number of fused-ring (bicyclic) bond motifs is 1. The Morgan fingerprint density at radius 1 is 1.27 bits per heavy atom. The van der Waals surface area contributed by atoms with Crippen LogP contribution in [0.1, 0.15) is 28.4 Å². The second-order valence-corrected chi connectivity index (χ2v) is 8.19. The SMILES string of the molecule is NS(=O)(=O)NC(=O)c1cnn2ccc(N3C[C@@H](F)C[C@@H]3c3cccc(F)c3)c(F)c12. The highest BCUT2D eigenvalue weighted by Gasteiger charge is 2.36.